The first-order valence-electron chi connectivity index (χ1n) is 11.1. The molecule has 2 N–H and O–H groups in total. The summed E-state index contributed by atoms with van der Waals surface area (Å²) in [5, 5.41) is 5.64. The lowest BCUT2D eigenvalue weighted by atomic mass is 10.1. The molecule has 1 aliphatic heterocycles. The van der Waals surface area contributed by atoms with E-state index in [1.807, 2.05) is 0 Å². The number of benzene rings is 2. The van der Waals surface area contributed by atoms with E-state index < -0.39 is 11.8 Å². The van der Waals surface area contributed by atoms with Crippen LogP contribution >= 0.6 is 0 Å². The maximum absolute atomic E-state index is 12.8. The van der Waals surface area contributed by atoms with E-state index in [0.29, 0.717) is 29.8 Å². The molecule has 2 heterocycles. The summed E-state index contributed by atoms with van der Waals surface area (Å²) in [7, 11) is 1.56. The highest BCUT2D eigenvalue weighted by atomic mass is 16.5. The molecule has 0 bridgehead atoms. The number of ether oxygens (including phenoxy) is 1. The van der Waals surface area contributed by atoms with Crippen LogP contribution < -0.4 is 10.6 Å². The van der Waals surface area contributed by atoms with Crippen LogP contribution in [0.3, 0.4) is 0 Å². The zero-order valence-electron chi connectivity index (χ0n) is 19.1. The predicted octanol–water partition coefficient (Wildman–Crippen LogP) is 2.90. The zero-order chi connectivity index (χ0) is 24.8. The standard InChI is InChI=1S/C26H24N4O5/c1-35-13-5-12-30-25(33)20-10-9-17(14-21(20)26(30)34)23(31)28-16-18-6-2-3-8-22(18)29-24(32)19-7-4-11-27-15-19/h2-4,6-11,14-15H,5,12-13,16H2,1H3,(H,28,31)(H,29,32). The molecule has 1 aromatic heterocycles. The number of carbonyl (C=O) groups is 4. The summed E-state index contributed by atoms with van der Waals surface area (Å²) in [6, 6.07) is 14.9. The molecule has 9 heteroatoms. The number of hydrogen-bond donors (Lipinski definition) is 2. The highest BCUT2D eigenvalue weighted by Gasteiger charge is 2.35. The quantitative estimate of drug-likeness (QED) is 0.365. The van der Waals surface area contributed by atoms with E-state index in [-0.39, 0.29) is 41.6 Å². The number of pyridine rings is 1. The molecule has 0 saturated heterocycles. The van der Waals surface area contributed by atoms with Crippen LogP contribution in [0.25, 0.3) is 0 Å². The lowest BCUT2D eigenvalue weighted by molar-refractivity contribution is 0.0638. The molecule has 2 aromatic carbocycles. The summed E-state index contributed by atoms with van der Waals surface area (Å²) in [6.07, 6.45) is 3.59. The molecule has 0 aliphatic carbocycles. The summed E-state index contributed by atoms with van der Waals surface area (Å²) >= 11 is 0. The van der Waals surface area contributed by atoms with Gasteiger partial charge in [0, 0.05) is 50.5 Å². The minimum absolute atomic E-state index is 0.148. The number of amides is 4. The minimum atomic E-state index is -0.417. The molecule has 4 rings (SSSR count). The van der Waals surface area contributed by atoms with E-state index in [1.165, 1.54) is 29.3 Å². The Balaban J connectivity index is 1.43. The molecule has 0 saturated carbocycles. The van der Waals surface area contributed by atoms with Crippen molar-refractivity contribution in [2.45, 2.75) is 13.0 Å². The molecule has 0 spiro atoms. The van der Waals surface area contributed by atoms with E-state index in [9.17, 15) is 19.2 Å². The van der Waals surface area contributed by atoms with Crippen LogP contribution in [0.5, 0.6) is 0 Å². The van der Waals surface area contributed by atoms with Crippen molar-refractivity contribution < 1.29 is 23.9 Å². The molecule has 0 fully saturated rings. The Morgan fingerprint density at radius 1 is 0.943 bits per heavy atom. The molecular formula is C26H24N4O5. The van der Waals surface area contributed by atoms with Gasteiger partial charge in [0.25, 0.3) is 23.6 Å². The van der Waals surface area contributed by atoms with Crippen molar-refractivity contribution in [3.8, 4) is 0 Å². The number of fused-ring (bicyclic) bond motifs is 1. The van der Waals surface area contributed by atoms with Crippen molar-refractivity contribution in [1.82, 2.24) is 15.2 Å². The van der Waals surface area contributed by atoms with Crippen LogP contribution in [-0.2, 0) is 11.3 Å². The van der Waals surface area contributed by atoms with Crippen molar-refractivity contribution in [2.24, 2.45) is 0 Å². The maximum atomic E-state index is 12.8. The van der Waals surface area contributed by atoms with Crippen LogP contribution in [0.2, 0.25) is 0 Å². The van der Waals surface area contributed by atoms with Crippen molar-refractivity contribution in [3.05, 3.63) is 94.8 Å². The van der Waals surface area contributed by atoms with E-state index in [1.54, 1.807) is 49.7 Å². The second-order valence-electron chi connectivity index (χ2n) is 7.90. The molecule has 1 aliphatic rings. The van der Waals surface area contributed by atoms with Gasteiger partial charge in [0.2, 0.25) is 0 Å². The number of imide groups is 1. The van der Waals surface area contributed by atoms with Crippen molar-refractivity contribution in [1.29, 1.82) is 0 Å². The van der Waals surface area contributed by atoms with Crippen molar-refractivity contribution in [2.75, 3.05) is 25.6 Å². The van der Waals surface area contributed by atoms with E-state index >= 15 is 0 Å². The molecule has 0 unspecified atom stereocenters. The summed E-state index contributed by atoms with van der Waals surface area (Å²) in [4.78, 5) is 55.7. The summed E-state index contributed by atoms with van der Waals surface area (Å²) in [5.74, 6) is -1.50. The normalized spacial score (nSPS) is 12.4. The fraction of sp³-hybridized carbons (Fsp3) is 0.192. The largest absolute Gasteiger partial charge is 0.385 e. The number of methoxy groups -OCH3 is 1. The molecule has 0 radical (unpaired) electrons. The van der Waals surface area contributed by atoms with Crippen LogP contribution in [0.4, 0.5) is 5.69 Å². The van der Waals surface area contributed by atoms with Gasteiger partial charge < -0.3 is 15.4 Å². The van der Waals surface area contributed by atoms with Gasteiger partial charge in [0.05, 0.1) is 16.7 Å². The molecular weight excluding hydrogens is 448 g/mol. The monoisotopic (exact) mass is 472 g/mol. The highest BCUT2D eigenvalue weighted by molar-refractivity contribution is 6.22. The molecule has 178 valence electrons. The maximum Gasteiger partial charge on any atom is 0.261 e. The van der Waals surface area contributed by atoms with Gasteiger partial charge >= 0.3 is 0 Å². The lowest BCUT2D eigenvalue weighted by Crippen LogP contribution is -2.31. The van der Waals surface area contributed by atoms with Gasteiger partial charge in [-0.3, -0.25) is 29.1 Å². The number of nitrogens with one attached hydrogen (secondary N) is 2. The Morgan fingerprint density at radius 3 is 2.51 bits per heavy atom. The first-order valence-corrected chi connectivity index (χ1v) is 11.1. The van der Waals surface area contributed by atoms with Crippen LogP contribution in [0, 0.1) is 0 Å². The third-order valence-corrected chi connectivity index (χ3v) is 5.59. The molecule has 9 nitrogen and oxygen atoms in total. The number of carbonyl (C=O) groups excluding carboxylic acids is 4. The second kappa shape index (κ2) is 10.7. The van der Waals surface area contributed by atoms with Crippen LogP contribution in [0.1, 0.15) is 53.4 Å². The Kier molecular flexibility index (Phi) is 7.27. The van der Waals surface area contributed by atoms with Gasteiger partial charge in [0.1, 0.15) is 0 Å². The van der Waals surface area contributed by atoms with Gasteiger partial charge in [-0.25, -0.2) is 0 Å². The Labute approximate surface area is 202 Å². The van der Waals surface area contributed by atoms with Gasteiger partial charge in [-0.2, -0.15) is 0 Å². The number of aromatic nitrogens is 1. The second-order valence-corrected chi connectivity index (χ2v) is 7.90. The van der Waals surface area contributed by atoms with Gasteiger partial charge in [0.15, 0.2) is 0 Å². The molecule has 3 aromatic rings. The van der Waals surface area contributed by atoms with E-state index in [4.69, 9.17) is 4.74 Å². The Bertz CT molecular complexity index is 1280. The number of anilines is 1. The first kappa shape index (κ1) is 23.8. The van der Waals surface area contributed by atoms with E-state index in [0.717, 1.165) is 0 Å². The topological polar surface area (TPSA) is 118 Å². The van der Waals surface area contributed by atoms with Crippen LogP contribution in [-0.4, -0.2) is 53.8 Å². The number of hydrogen-bond acceptors (Lipinski definition) is 6. The molecule has 35 heavy (non-hydrogen) atoms. The predicted molar refractivity (Wildman–Crippen MR) is 128 cm³/mol. The number of rotatable bonds is 9. The first-order chi connectivity index (χ1) is 17.0. The summed E-state index contributed by atoms with van der Waals surface area (Å²) < 4.78 is 4.99. The SMILES string of the molecule is COCCCN1C(=O)c2ccc(C(=O)NCc3ccccc3NC(=O)c3cccnc3)cc2C1=O. The average molecular weight is 473 g/mol. The number of nitrogens with zero attached hydrogens (tertiary/aromatic N) is 2. The third kappa shape index (κ3) is 5.25. The van der Waals surface area contributed by atoms with Gasteiger partial charge in [-0.05, 0) is 48.4 Å². The average Bonchev–Trinajstić information content (AvgIpc) is 3.13. The fourth-order valence-corrected chi connectivity index (χ4v) is 3.77. The smallest absolute Gasteiger partial charge is 0.261 e. The minimum Gasteiger partial charge on any atom is -0.385 e. The van der Waals surface area contributed by atoms with Crippen LogP contribution in [0.15, 0.2) is 67.0 Å². The number of para-hydroxylation sites is 1. The van der Waals surface area contributed by atoms with Gasteiger partial charge in [-0.15, -0.1) is 0 Å². The highest BCUT2D eigenvalue weighted by Crippen LogP contribution is 2.24. The van der Waals surface area contributed by atoms with Crippen molar-refractivity contribution >= 4 is 29.3 Å². The van der Waals surface area contributed by atoms with E-state index in [2.05, 4.69) is 15.6 Å². The fourth-order valence-electron chi connectivity index (χ4n) is 3.77. The zero-order valence-corrected chi connectivity index (χ0v) is 19.1. The molecule has 4 amide bonds. The summed E-state index contributed by atoms with van der Waals surface area (Å²) in [5.41, 5.74) is 2.44. The Hall–Kier alpha value is -4.37. The molecule has 0 atom stereocenters. The Morgan fingerprint density at radius 2 is 1.74 bits per heavy atom. The lowest BCUT2D eigenvalue weighted by Gasteiger charge is -2.13. The van der Waals surface area contributed by atoms with Crippen molar-refractivity contribution in [3.63, 3.8) is 0 Å². The summed E-state index contributed by atoms with van der Waals surface area (Å²) in [6.45, 7) is 0.837. The third-order valence-electron chi connectivity index (χ3n) is 5.59. The van der Waals surface area contributed by atoms with Gasteiger partial charge in [-0.1, -0.05) is 18.2 Å².